The number of aromatic nitrogens is 3. The lowest BCUT2D eigenvalue weighted by molar-refractivity contribution is 0.00405. The zero-order valence-electron chi connectivity index (χ0n) is 5.98. The Morgan fingerprint density at radius 2 is 2.09 bits per heavy atom. The van der Waals surface area contributed by atoms with Crippen molar-refractivity contribution in [2.24, 2.45) is 7.05 Å². The maximum Gasteiger partial charge on any atom is 0.303 e. The van der Waals surface area contributed by atoms with Gasteiger partial charge in [0.05, 0.1) is 0 Å². The molecule has 1 aromatic heterocycles. The van der Waals surface area contributed by atoms with Crippen LogP contribution in [0, 0.1) is 0 Å². The van der Waals surface area contributed by atoms with Gasteiger partial charge in [0.1, 0.15) is 0 Å². The molecule has 0 spiro atoms. The van der Waals surface area contributed by atoms with Gasteiger partial charge in [0.15, 0.2) is 5.82 Å². The number of hydrogen-bond acceptors (Lipinski definition) is 2. The average Bonchev–Trinajstić information content (AvgIpc) is 2.08. The quantitative estimate of drug-likeness (QED) is 0.729. The lowest BCUT2D eigenvalue weighted by atomic mass is 10.4. The van der Waals surface area contributed by atoms with Crippen molar-refractivity contribution >= 4 is 15.9 Å². The molecule has 3 nitrogen and oxygen atoms in total. The largest absolute Gasteiger partial charge is 0.303 e. The van der Waals surface area contributed by atoms with Crippen molar-refractivity contribution in [3.05, 3.63) is 10.6 Å². The summed E-state index contributed by atoms with van der Waals surface area (Å²) >= 11 is 2.90. The summed E-state index contributed by atoms with van der Waals surface area (Å²) in [5.74, 6) is -3.28. The first kappa shape index (κ1) is 8.58. The second-order valence-electron chi connectivity index (χ2n) is 2.22. The standard InChI is InChI=1S/C5H6BrF2N3/c1-5(7,8)3-9-4(6)10-11(3)2/h1-2H3. The van der Waals surface area contributed by atoms with Gasteiger partial charge in [0.25, 0.3) is 0 Å². The van der Waals surface area contributed by atoms with Gasteiger partial charge in [0, 0.05) is 14.0 Å². The number of alkyl halides is 2. The minimum atomic E-state index is -2.94. The monoisotopic (exact) mass is 225 g/mol. The third kappa shape index (κ3) is 1.74. The summed E-state index contributed by atoms with van der Waals surface area (Å²) in [5, 5.41) is 3.62. The van der Waals surface area contributed by atoms with Crippen LogP contribution in [0.25, 0.3) is 0 Å². The third-order valence-corrected chi connectivity index (χ3v) is 1.47. The zero-order valence-corrected chi connectivity index (χ0v) is 7.56. The van der Waals surface area contributed by atoms with E-state index in [2.05, 4.69) is 26.0 Å². The number of nitrogens with zero attached hydrogens (tertiary/aromatic N) is 3. The van der Waals surface area contributed by atoms with Crippen molar-refractivity contribution < 1.29 is 8.78 Å². The van der Waals surface area contributed by atoms with Gasteiger partial charge < -0.3 is 0 Å². The van der Waals surface area contributed by atoms with Crippen LogP contribution in [0.1, 0.15) is 12.7 Å². The van der Waals surface area contributed by atoms with E-state index in [0.717, 1.165) is 11.6 Å². The van der Waals surface area contributed by atoms with Gasteiger partial charge in [-0.3, -0.25) is 0 Å². The molecule has 0 saturated heterocycles. The van der Waals surface area contributed by atoms with Crippen molar-refractivity contribution in [1.82, 2.24) is 14.8 Å². The van der Waals surface area contributed by atoms with Gasteiger partial charge in [-0.15, -0.1) is 5.10 Å². The topological polar surface area (TPSA) is 30.7 Å². The molecule has 62 valence electrons. The van der Waals surface area contributed by atoms with Crippen LogP contribution in [-0.4, -0.2) is 14.8 Å². The molecule has 1 heterocycles. The van der Waals surface area contributed by atoms with Crippen molar-refractivity contribution in [2.45, 2.75) is 12.8 Å². The second kappa shape index (κ2) is 2.51. The van der Waals surface area contributed by atoms with Crippen LogP contribution in [0.5, 0.6) is 0 Å². The van der Waals surface area contributed by atoms with E-state index in [1.165, 1.54) is 7.05 Å². The van der Waals surface area contributed by atoms with Crippen LogP contribution < -0.4 is 0 Å². The van der Waals surface area contributed by atoms with Gasteiger partial charge in [0.2, 0.25) is 4.73 Å². The Balaban J connectivity index is 3.13. The molecule has 1 rings (SSSR count). The van der Waals surface area contributed by atoms with Crippen LogP contribution in [0.3, 0.4) is 0 Å². The normalized spacial score (nSPS) is 12.1. The predicted octanol–water partition coefficient (Wildman–Crippen LogP) is 1.69. The van der Waals surface area contributed by atoms with Crippen molar-refractivity contribution in [3.8, 4) is 0 Å². The summed E-state index contributed by atoms with van der Waals surface area (Å²) in [7, 11) is 1.42. The first-order valence-electron chi connectivity index (χ1n) is 2.86. The van der Waals surface area contributed by atoms with Gasteiger partial charge in [-0.25, -0.2) is 4.68 Å². The summed E-state index contributed by atoms with van der Waals surface area (Å²) in [4.78, 5) is 3.50. The molecule has 0 fully saturated rings. The van der Waals surface area contributed by atoms with Crippen LogP contribution in [0.15, 0.2) is 4.73 Å². The Morgan fingerprint density at radius 1 is 1.55 bits per heavy atom. The molecule has 0 N–H and O–H groups in total. The highest BCUT2D eigenvalue weighted by atomic mass is 79.9. The molecule has 1 aromatic rings. The van der Waals surface area contributed by atoms with E-state index in [4.69, 9.17) is 0 Å². The van der Waals surface area contributed by atoms with E-state index in [1.54, 1.807) is 0 Å². The Labute approximate surface area is 70.6 Å². The maximum absolute atomic E-state index is 12.6. The summed E-state index contributed by atoms with van der Waals surface area (Å²) in [6.07, 6.45) is 0. The van der Waals surface area contributed by atoms with E-state index in [1.807, 2.05) is 0 Å². The molecule has 0 unspecified atom stereocenters. The van der Waals surface area contributed by atoms with Gasteiger partial charge >= 0.3 is 5.92 Å². The van der Waals surface area contributed by atoms with E-state index in [9.17, 15) is 8.78 Å². The smallest absolute Gasteiger partial charge is 0.247 e. The first-order chi connectivity index (χ1) is 4.91. The van der Waals surface area contributed by atoms with Crippen LogP contribution in [0.2, 0.25) is 0 Å². The van der Waals surface area contributed by atoms with Crippen molar-refractivity contribution in [1.29, 1.82) is 0 Å². The fraction of sp³-hybridized carbons (Fsp3) is 0.600. The summed E-state index contributed by atoms with van der Waals surface area (Å²) in [6, 6.07) is 0. The van der Waals surface area contributed by atoms with Gasteiger partial charge in [-0.1, -0.05) is 0 Å². The molecule has 11 heavy (non-hydrogen) atoms. The minimum absolute atomic E-state index is 0.177. The fourth-order valence-corrected chi connectivity index (χ4v) is 1.14. The molecule has 0 aromatic carbocycles. The molecule has 0 aliphatic heterocycles. The predicted molar refractivity (Wildman–Crippen MR) is 38.3 cm³/mol. The average molecular weight is 226 g/mol. The van der Waals surface area contributed by atoms with Crippen LogP contribution >= 0.6 is 15.9 Å². The molecule has 0 amide bonds. The molecular formula is C5H6BrF2N3. The molecule has 0 atom stereocenters. The van der Waals surface area contributed by atoms with Crippen molar-refractivity contribution in [2.75, 3.05) is 0 Å². The summed E-state index contributed by atoms with van der Waals surface area (Å²) in [5.41, 5.74) is 0. The number of aryl methyl sites for hydroxylation is 1. The zero-order chi connectivity index (χ0) is 8.65. The highest BCUT2D eigenvalue weighted by Crippen LogP contribution is 2.25. The minimum Gasteiger partial charge on any atom is -0.247 e. The number of halogens is 3. The van der Waals surface area contributed by atoms with Crippen LogP contribution in [0.4, 0.5) is 8.78 Å². The fourth-order valence-electron chi connectivity index (χ4n) is 0.736. The molecule has 0 aliphatic carbocycles. The highest BCUT2D eigenvalue weighted by Gasteiger charge is 2.30. The second-order valence-corrected chi connectivity index (χ2v) is 2.93. The van der Waals surface area contributed by atoms with Gasteiger partial charge in [-0.05, 0) is 15.9 Å². The lowest BCUT2D eigenvalue weighted by Crippen LogP contribution is -2.14. The molecule has 0 radical (unpaired) electrons. The Kier molecular flexibility index (Phi) is 1.96. The number of hydrogen-bond donors (Lipinski definition) is 0. The number of rotatable bonds is 1. The highest BCUT2D eigenvalue weighted by molar-refractivity contribution is 9.10. The van der Waals surface area contributed by atoms with E-state index < -0.39 is 5.92 Å². The van der Waals surface area contributed by atoms with E-state index in [-0.39, 0.29) is 10.6 Å². The Bertz CT molecular complexity index is 265. The van der Waals surface area contributed by atoms with Crippen molar-refractivity contribution in [3.63, 3.8) is 0 Å². The SMILES string of the molecule is Cn1nc(Br)nc1C(C)(F)F. The Morgan fingerprint density at radius 3 is 2.27 bits per heavy atom. The van der Waals surface area contributed by atoms with Crippen LogP contribution in [-0.2, 0) is 13.0 Å². The van der Waals surface area contributed by atoms with E-state index in [0.29, 0.717) is 0 Å². The Hall–Kier alpha value is -0.520. The maximum atomic E-state index is 12.6. The first-order valence-corrected chi connectivity index (χ1v) is 3.65. The molecule has 0 bridgehead atoms. The molecular weight excluding hydrogens is 220 g/mol. The lowest BCUT2D eigenvalue weighted by Gasteiger charge is -2.06. The molecule has 6 heteroatoms. The van der Waals surface area contributed by atoms with Gasteiger partial charge in [-0.2, -0.15) is 13.8 Å². The molecule has 0 saturated carbocycles. The summed E-state index contributed by atoms with van der Waals surface area (Å²) < 4.78 is 26.4. The third-order valence-electron chi connectivity index (χ3n) is 1.13. The summed E-state index contributed by atoms with van der Waals surface area (Å²) in [6.45, 7) is 0.781. The van der Waals surface area contributed by atoms with E-state index >= 15 is 0 Å². The molecule has 0 aliphatic rings.